The van der Waals surface area contributed by atoms with E-state index in [1.807, 2.05) is 0 Å². The number of hydrogen-bond acceptors (Lipinski definition) is 3. The molecule has 0 radical (unpaired) electrons. The van der Waals surface area contributed by atoms with Crippen molar-refractivity contribution in [3.63, 3.8) is 0 Å². The minimum absolute atomic E-state index is 0.0581. The fraction of sp³-hybridized carbons (Fsp3) is 0.100. The maximum Gasteiger partial charge on any atom is 0.337 e. The van der Waals surface area contributed by atoms with Crippen molar-refractivity contribution >= 4 is 17.4 Å². The highest BCUT2D eigenvalue weighted by Crippen LogP contribution is 2.26. The molecule has 0 saturated carbocycles. The first-order chi connectivity index (χ1) is 7.09. The molecule has 0 fully saturated rings. The fourth-order valence-electron chi connectivity index (χ4n) is 1.55. The van der Waals surface area contributed by atoms with Gasteiger partial charge in [0.1, 0.15) is 0 Å². The molecule has 1 aliphatic carbocycles. The van der Waals surface area contributed by atoms with Crippen molar-refractivity contribution in [2.45, 2.75) is 6.42 Å². The standard InChI is InChI=1S/C10H8N2O3/c11-9(13)6-1-2-8-7(6)3-5(4-12-8)10(14)15/h1,3-4H,2H2,(H2,11,13)(H,14,15). The Labute approximate surface area is 85.2 Å². The lowest BCUT2D eigenvalue weighted by atomic mass is 10.1. The van der Waals surface area contributed by atoms with E-state index in [4.69, 9.17) is 10.8 Å². The summed E-state index contributed by atoms with van der Waals surface area (Å²) >= 11 is 0. The molecule has 0 aliphatic heterocycles. The number of aromatic nitrogens is 1. The number of pyridine rings is 1. The Bertz CT molecular complexity index is 491. The van der Waals surface area contributed by atoms with Gasteiger partial charge in [0.2, 0.25) is 5.91 Å². The summed E-state index contributed by atoms with van der Waals surface area (Å²) in [5.74, 6) is -1.63. The molecular weight excluding hydrogens is 196 g/mol. The van der Waals surface area contributed by atoms with Gasteiger partial charge in [0, 0.05) is 23.8 Å². The molecule has 0 unspecified atom stereocenters. The molecule has 0 spiro atoms. The van der Waals surface area contributed by atoms with Gasteiger partial charge in [0.15, 0.2) is 0 Å². The molecule has 1 heterocycles. The molecule has 3 N–H and O–H groups in total. The first-order valence-corrected chi connectivity index (χ1v) is 4.32. The lowest BCUT2D eigenvalue weighted by Crippen LogP contribution is -2.12. The first kappa shape index (κ1) is 9.39. The highest BCUT2D eigenvalue weighted by molar-refractivity contribution is 6.20. The topological polar surface area (TPSA) is 93.3 Å². The number of amides is 1. The van der Waals surface area contributed by atoms with E-state index in [9.17, 15) is 9.59 Å². The number of aromatic carboxylic acids is 1. The number of fused-ring (bicyclic) bond motifs is 1. The lowest BCUT2D eigenvalue weighted by molar-refractivity contribution is -0.112. The minimum atomic E-state index is -1.07. The molecule has 1 amide bonds. The molecule has 2 rings (SSSR count). The predicted octanol–water partition coefficient (Wildman–Crippen LogP) is 0.205. The Kier molecular flexibility index (Phi) is 2.00. The Hall–Kier alpha value is -2.17. The van der Waals surface area contributed by atoms with Crippen LogP contribution in [0.25, 0.3) is 5.57 Å². The molecule has 0 saturated heterocycles. The molecule has 76 valence electrons. The van der Waals surface area contributed by atoms with Crippen LogP contribution in [0.2, 0.25) is 0 Å². The van der Waals surface area contributed by atoms with Gasteiger partial charge in [0.25, 0.3) is 0 Å². The first-order valence-electron chi connectivity index (χ1n) is 4.32. The maximum absolute atomic E-state index is 11.0. The Morgan fingerprint density at radius 3 is 2.80 bits per heavy atom. The summed E-state index contributed by atoms with van der Waals surface area (Å²) in [7, 11) is 0. The quantitative estimate of drug-likeness (QED) is 0.719. The fourth-order valence-corrected chi connectivity index (χ4v) is 1.55. The van der Waals surface area contributed by atoms with Gasteiger partial charge < -0.3 is 10.8 Å². The van der Waals surface area contributed by atoms with Crippen molar-refractivity contribution in [3.05, 3.63) is 35.2 Å². The number of carboxylic acid groups (broad SMARTS) is 1. The zero-order valence-corrected chi connectivity index (χ0v) is 7.73. The van der Waals surface area contributed by atoms with Crippen LogP contribution in [0.4, 0.5) is 0 Å². The van der Waals surface area contributed by atoms with Crippen LogP contribution in [0, 0.1) is 0 Å². The molecule has 5 heteroatoms. The summed E-state index contributed by atoms with van der Waals surface area (Å²) in [5.41, 5.74) is 6.78. The summed E-state index contributed by atoms with van der Waals surface area (Å²) in [4.78, 5) is 25.7. The molecule has 15 heavy (non-hydrogen) atoms. The highest BCUT2D eigenvalue weighted by atomic mass is 16.4. The van der Waals surface area contributed by atoms with Gasteiger partial charge in [-0.2, -0.15) is 0 Å². The van der Waals surface area contributed by atoms with Gasteiger partial charge in [-0.15, -0.1) is 0 Å². The summed E-state index contributed by atoms with van der Waals surface area (Å²) in [6, 6.07) is 1.42. The number of carboxylic acids is 1. The summed E-state index contributed by atoms with van der Waals surface area (Å²) < 4.78 is 0. The van der Waals surface area contributed by atoms with E-state index in [-0.39, 0.29) is 5.56 Å². The average Bonchev–Trinajstić information content (AvgIpc) is 2.59. The monoisotopic (exact) mass is 204 g/mol. The van der Waals surface area contributed by atoms with Gasteiger partial charge in [-0.25, -0.2) is 4.79 Å². The molecule has 0 bridgehead atoms. The van der Waals surface area contributed by atoms with E-state index >= 15 is 0 Å². The summed E-state index contributed by atoms with van der Waals surface area (Å²) in [6.45, 7) is 0. The zero-order chi connectivity index (χ0) is 11.0. The number of allylic oxidation sites excluding steroid dienone is 1. The van der Waals surface area contributed by atoms with Crippen LogP contribution < -0.4 is 5.73 Å². The molecule has 1 aromatic rings. The summed E-state index contributed by atoms with van der Waals surface area (Å²) in [6.07, 6.45) is 3.46. The van der Waals surface area contributed by atoms with Gasteiger partial charge in [-0.1, -0.05) is 6.08 Å². The zero-order valence-electron chi connectivity index (χ0n) is 7.73. The van der Waals surface area contributed by atoms with E-state index in [1.165, 1.54) is 12.3 Å². The normalized spacial score (nSPS) is 13.2. The third kappa shape index (κ3) is 1.48. The van der Waals surface area contributed by atoms with Crippen LogP contribution in [-0.2, 0) is 11.2 Å². The van der Waals surface area contributed by atoms with Crippen molar-refractivity contribution in [2.75, 3.05) is 0 Å². The van der Waals surface area contributed by atoms with Crippen LogP contribution in [0.5, 0.6) is 0 Å². The van der Waals surface area contributed by atoms with Crippen molar-refractivity contribution in [3.8, 4) is 0 Å². The van der Waals surface area contributed by atoms with E-state index in [1.54, 1.807) is 6.08 Å². The average molecular weight is 204 g/mol. The van der Waals surface area contributed by atoms with E-state index in [0.717, 1.165) is 0 Å². The van der Waals surface area contributed by atoms with Crippen molar-refractivity contribution < 1.29 is 14.7 Å². The Morgan fingerprint density at radius 2 is 2.20 bits per heavy atom. The smallest absolute Gasteiger partial charge is 0.337 e. The Balaban J connectivity index is 2.52. The summed E-state index contributed by atoms with van der Waals surface area (Å²) in [5, 5.41) is 8.77. The minimum Gasteiger partial charge on any atom is -0.478 e. The molecule has 5 nitrogen and oxygen atoms in total. The van der Waals surface area contributed by atoms with E-state index < -0.39 is 11.9 Å². The number of primary amides is 1. The molecule has 1 aliphatic rings. The number of carbonyl (C=O) groups is 2. The van der Waals surface area contributed by atoms with Crippen LogP contribution in [0.3, 0.4) is 0 Å². The number of hydrogen-bond donors (Lipinski definition) is 2. The number of carbonyl (C=O) groups excluding carboxylic acids is 1. The van der Waals surface area contributed by atoms with Gasteiger partial charge in [0.05, 0.1) is 11.3 Å². The largest absolute Gasteiger partial charge is 0.478 e. The SMILES string of the molecule is NC(=O)C1=CCc2ncc(C(=O)O)cc21. The second-order valence-corrected chi connectivity index (χ2v) is 3.21. The third-order valence-electron chi connectivity index (χ3n) is 2.27. The highest BCUT2D eigenvalue weighted by Gasteiger charge is 2.20. The predicted molar refractivity (Wildman–Crippen MR) is 52.1 cm³/mol. The van der Waals surface area contributed by atoms with Crippen LogP contribution in [0.15, 0.2) is 18.3 Å². The Morgan fingerprint density at radius 1 is 1.47 bits per heavy atom. The number of rotatable bonds is 2. The van der Waals surface area contributed by atoms with Crippen LogP contribution in [-0.4, -0.2) is 22.0 Å². The lowest BCUT2D eigenvalue weighted by Gasteiger charge is -2.02. The molecular formula is C10H8N2O3. The van der Waals surface area contributed by atoms with Gasteiger partial charge in [-0.3, -0.25) is 9.78 Å². The second kappa shape index (κ2) is 3.20. The van der Waals surface area contributed by atoms with Crippen LogP contribution in [0.1, 0.15) is 21.6 Å². The number of nitrogens with two attached hydrogens (primary N) is 1. The molecule has 1 aromatic heterocycles. The van der Waals surface area contributed by atoms with Crippen molar-refractivity contribution in [2.24, 2.45) is 5.73 Å². The molecule has 0 atom stereocenters. The van der Waals surface area contributed by atoms with Crippen molar-refractivity contribution in [1.82, 2.24) is 4.98 Å². The van der Waals surface area contributed by atoms with Crippen molar-refractivity contribution in [1.29, 1.82) is 0 Å². The van der Waals surface area contributed by atoms with Gasteiger partial charge in [-0.05, 0) is 6.07 Å². The van der Waals surface area contributed by atoms with Gasteiger partial charge >= 0.3 is 5.97 Å². The maximum atomic E-state index is 11.0. The van der Waals surface area contributed by atoms with E-state index in [2.05, 4.69) is 4.98 Å². The number of nitrogens with zero attached hydrogens (tertiary/aromatic N) is 1. The second-order valence-electron chi connectivity index (χ2n) is 3.21. The van der Waals surface area contributed by atoms with Crippen LogP contribution >= 0.6 is 0 Å². The third-order valence-corrected chi connectivity index (χ3v) is 2.27. The van der Waals surface area contributed by atoms with E-state index in [0.29, 0.717) is 23.3 Å². The molecule has 0 aromatic carbocycles.